The Kier molecular flexibility index (Phi) is 3.75. The first-order valence-corrected chi connectivity index (χ1v) is 6.42. The molecule has 2 aliphatic heterocycles. The van der Waals surface area contributed by atoms with Gasteiger partial charge in [0.1, 0.15) is 0 Å². The Hall–Kier alpha value is -1.30. The van der Waals surface area contributed by atoms with Crippen LogP contribution in [0.25, 0.3) is 0 Å². The number of amides is 3. The zero-order valence-corrected chi connectivity index (χ0v) is 11.0. The number of hydrogen-bond donors (Lipinski definition) is 1. The molecular formula is C12H21N3O3. The molecule has 18 heavy (non-hydrogen) atoms. The van der Waals surface area contributed by atoms with Gasteiger partial charge in [-0.2, -0.15) is 0 Å². The lowest BCUT2D eigenvalue weighted by molar-refractivity contribution is -0.147. The van der Waals surface area contributed by atoms with Gasteiger partial charge in [-0.3, -0.25) is 4.79 Å². The molecule has 2 fully saturated rings. The number of carbonyl (C=O) groups excluding carboxylic acids is 2. The molecule has 0 aliphatic carbocycles. The number of rotatable bonds is 1. The van der Waals surface area contributed by atoms with Crippen molar-refractivity contribution in [3.63, 3.8) is 0 Å². The number of aliphatic hydroxyl groups is 1. The average molecular weight is 255 g/mol. The summed E-state index contributed by atoms with van der Waals surface area (Å²) in [5.41, 5.74) is 0. The number of likely N-dealkylation sites (tertiary alicyclic amines) is 2. The van der Waals surface area contributed by atoms with Crippen LogP contribution < -0.4 is 0 Å². The molecule has 0 aromatic rings. The Labute approximate surface area is 107 Å². The number of β-amino-alcohol motifs (C(OH)–C–C–N with tert-alkyl or cyclic N) is 1. The molecule has 2 heterocycles. The Morgan fingerprint density at radius 1 is 1.11 bits per heavy atom. The predicted octanol–water partition coefficient (Wildman–Crippen LogP) is -0.417. The Bertz CT molecular complexity index is 331. The molecule has 2 saturated heterocycles. The van der Waals surface area contributed by atoms with E-state index < -0.39 is 0 Å². The Morgan fingerprint density at radius 2 is 1.67 bits per heavy atom. The third-order valence-electron chi connectivity index (χ3n) is 3.67. The van der Waals surface area contributed by atoms with Gasteiger partial charge in [0, 0.05) is 46.2 Å². The van der Waals surface area contributed by atoms with E-state index in [0.29, 0.717) is 26.2 Å². The Balaban J connectivity index is 1.80. The second-order valence-electron chi connectivity index (χ2n) is 5.34. The van der Waals surface area contributed by atoms with Crippen molar-refractivity contribution < 1.29 is 14.7 Å². The van der Waals surface area contributed by atoms with Crippen molar-refractivity contribution in [1.29, 1.82) is 0 Å². The summed E-state index contributed by atoms with van der Waals surface area (Å²) >= 11 is 0. The molecule has 0 unspecified atom stereocenters. The fourth-order valence-electron chi connectivity index (χ4n) is 2.49. The maximum absolute atomic E-state index is 12.0. The first-order valence-electron chi connectivity index (χ1n) is 6.42. The van der Waals surface area contributed by atoms with Crippen LogP contribution in [0.3, 0.4) is 0 Å². The van der Waals surface area contributed by atoms with Gasteiger partial charge in [-0.05, 0) is 12.8 Å². The van der Waals surface area contributed by atoms with E-state index in [-0.39, 0.29) is 24.0 Å². The molecule has 0 atom stereocenters. The second kappa shape index (κ2) is 5.14. The molecule has 2 rings (SSSR count). The second-order valence-corrected chi connectivity index (χ2v) is 5.34. The van der Waals surface area contributed by atoms with Crippen molar-refractivity contribution in [1.82, 2.24) is 14.7 Å². The predicted molar refractivity (Wildman–Crippen MR) is 66.0 cm³/mol. The standard InChI is InChI=1S/C12H21N3O3/c1-13(2)12(18)14-5-3-9(4-6-14)11(17)15-7-10(16)8-15/h9-10,16H,3-8H2,1-2H3. The van der Waals surface area contributed by atoms with Crippen LogP contribution in [0.15, 0.2) is 0 Å². The smallest absolute Gasteiger partial charge is 0.319 e. The van der Waals surface area contributed by atoms with E-state index in [2.05, 4.69) is 0 Å². The highest BCUT2D eigenvalue weighted by Gasteiger charge is 2.35. The number of hydrogen-bond acceptors (Lipinski definition) is 3. The minimum absolute atomic E-state index is 0.0141. The first kappa shape index (κ1) is 13.1. The fourth-order valence-corrected chi connectivity index (χ4v) is 2.49. The third-order valence-corrected chi connectivity index (χ3v) is 3.67. The molecule has 3 amide bonds. The van der Waals surface area contributed by atoms with Crippen molar-refractivity contribution in [3.8, 4) is 0 Å². The van der Waals surface area contributed by atoms with Crippen molar-refractivity contribution in [2.75, 3.05) is 40.3 Å². The van der Waals surface area contributed by atoms with Gasteiger partial charge in [-0.15, -0.1) is 0 Å². The minimum Gasteiger partial charge on any atom is -0.389 e. The van der Waals surface area contributed by atoms with E-state index in [0.717, 1.165) is 12.8 Å². The lowest BCUT2D eigenvalue weighted by Crippen LogP contribution is -2.56. The zero-order valence-electron chi connectivity index (χ0n) is 11.0. The summed E-state index contributed by atoms with van der Waals surface area (Å²) in [6, 6.07) is 0.0141. The number of piperidine rings is 1. The van der Waals surface area contributed by atoms with Gasteiger partial charge in [0.25, 0.3) is 0 Å². The minimum atomic E-state index is -0.343. The van der Waals surface area contributed by atoms with Crippen LogP contribution in [-0.4, -0.2) is 78.1 Å². The number of urea groups is 1. The van der Waals surface area contributed by atoms with Crippen LogP contribution in [0.1, 0.15) is 12.8 Å². The van der Waals surface area contributed by atoms with Crippen molar-refractivity contribution >= 4 is 11.9 Å². The van der Waals surface area contributed by atoms with E-state index >= 15 is 0 Å². The lowest BCUT2D eigenvalue weighted by atomic mass is 9.94. The summed E-state index contributed by atoms with van der Waals surface area (Å²) in [4.78, 5) is 28.8. The number of carbonyl (C=O) groups is 2. The maximum atomic E-state index is 12.0. The van der Waals surface area contributed by atoms with Crippen molar-refractivity contribution in [3.05, 3.63) is 0 Å². The zero-order chi connectivity index (χ0) is 13.3. The summed E-state index contributed by atoms with van der Waals surface area (Å²) < 4.78 is 0. The van der Waals surface area contributed by atoms with Crippen LogP contribution in [0.2, 0.25) is 0 Å². The van der Waals surface area contributed by atoms with Crippen molar-refractivity contribution in [2.24, 2.45) is 5.92 Å². The van der Waals surface area contributed by atoms with Crippen LogP contribution in [0, 0.1) is 5.92 Å². The summed E-state index contributed by atoms with van der Waals surface area (Å²) in [6.45, 7) is 2.22. The molecule has 1 N–H and O–H groups in total. The monoisotopic (exact) mass is 255 g/mol. The summed E-state index contributed by atoms with van der Waals surface area (Å²) in [5, 5.41) is 9.19. The third kappa shape index (κ3) is 2.58. The molecule has 0 aromatic heterocycles. The topological polar surface area (TPSA) is 64.1 Å². The Morgan fingerprint density at radius 3 is 2.11 bits per heavy atom. The summed E-state index contributed by atoms with van der Waals surface area (Å²) in [6.07, 6.45) is 1.11. The molecule has 6 heteroatoms. The van der Waals surface area contributed by atoms with Gasteiger partial charge < -0.3 is 19.8 Å². The summed E-state index contributed by atoms with van der Waals surface area (Å²) in [5.74, 6) is 0.154. The highest BCUT2D eigenvalue weighted by molar-refractivity contribution is 5.80. The van der Waals surface area contributed by atoms with Gasteiger partial charge in [0.15, 0.2) is 0 Å². The van der Waals surface area contributed by atoms with Crippen LogP contribution >= 0.6 is 0 Å². The SMILES string of the molecule is CN(C)C(=O)N1CCC(C(=O)N2CC(O)C2)CC1. The van der Waals surface area contributed by atoms with E-state index in [1.807, 2.05) is 0 Å². The molecular weight excluding hydrogens is 234 g/mol. The van der Waals surface area contributed by atoms with Gasteiger partial charge in [0.2, 0.25) is 5.91 Å². The number of nitrogens with zero attached hydrogens (tertiary/aromatic N) is 3. The van der Waals surface area contributed by atoms with E-state index in [4.69, 9.17) is 0 Å². The van der Waals surface area contributed by atoms with E-state index in [1.54, 1.807) is 28.8 Å². The summed E-state index contributed by atoms with van der Waals surface area (Å²) in [7, 11) is 3.47. The van der Waals surface area contributed by atoms with E-state index in [1.165, 1.54) is 0 Å². The van der Waals surface area contributed by atoms with Gasteiger partial charge in [-0.1, -0.05) is 0 Å². The molecule has 6 nitrogen and oxygen atoms in total. The molecule has 0 radical (unpaired) electrons. The average Bonchev–Trinajstić information content (AvgIpc) is 2.33. The number of aliphatic hydroxyl groups excluding tert-OH is 1. The normalized spacial score (nSPS) is 21.7. The quantitative estimate of drug-likeness (QED) is 0.692. The first-order chi connectivity index (χ1) is 8.49. The van der Waals surface area contributed by atoms with Crippen LogP contribution in [-0.2, 0) is 4.79 Å². The molecule has 0 saturated carbocycles. The fraction of sp³-hybridized carbons (Fsp3) is 0.833. The van der Waals surface area contributed by atoms with E-state index in [9.17, 15) is 14.7 Å². The van der Waals surface area contributed by atoms with Gasteiger partial charge >= 0.3 is 6.03 Å². The maximum Gasteiger partial charge on any atom is 0.319 e. The highest BCUT2D eigenvalue weighted by Crippen LogP contribution is 2.22. The van der Waals surface area contributed by atoms with Gasteiger partial charge in [-0.25, -0.2) is 4.79 Å². The van der Waals surface area contributed by atoms with Gasteiger partial charge in [0.05, 0.1) is 6.10 Å². The van der Waals surface area contributed by atoms with Crippen LogP contribution in [0.5, 0.6) is 0 Å². The van der Waals surface area contributed by atoms with Crippen molar-refractivity contribution in [2.45, 2.75) is 18.9 Å². The molecule has 2 aliphatic rings. The lowest BCUT2D eigenvalue weighted by Gasteiger charge is -2.40. The van der Waals surface area contributed by atoms with Crippen LogP contribution in [0.4, 0.5) is 4.79 Å². The largest absolute Gasteiger partial charge is 0.389 e. The molecule has 0 spiro atoms. The molecule has 0 aromatic carbocycles. The molecule has 102 valence electrons. The molecule has 0 bridgehead atoms. The highest BCUT2D eigenvalue weighted by atomic mass is 16.3.